The molecule has 0 saturated carbocycles. The number of carbonyl (C=O) groups is 1. The van der Waals surface area contributed by atoms with Crippen LogP contribution in [0, 0.1) is 0 Å². The monoisotopic (exact) mass is 241 g/mol. The van der Waals surface area contributed by atoms with Gasteiger partial charge in [0.25, 0.3) is 0 Å². The standard InChI is InChI=1S/C13H23NO3/c1-2-8-14(9-10-15)13(16)7-6-12-5-3-4-11-17-12/h2,12,15H,1,3-11H2. The van der Waals surface area contributed by atoms with Crippen molar-refractivity contribution in [3.05, 3.63) is 12.7 Å². The second-order valence-electron chi connectivity index (χ2n) is 4.38. The van der Waals surface area contributed by atoms with Crippen LogP contribution in [0.25, 0.3) is 0 Å². The van der Waals surface area contributed by atoms with Crippen molar-refractivity contribution in [3.8, 4) is 0 Å². The molecule has 0 aromatic heterocycles. The van der Waals surface area contributed by atoms with Crippen LogP contribution in [0.1, 0.15) is 32.1 Å². The van der Waals surface area contributed by atoms with Gasteiger partial charge in [-0.2, -0.15) is 0 Å². The lowest BCUT2D eigenvalue weighted by Crippen LogP contribution is -2.34. The van der Waals surface area contributed by atoms with Crippen molar-refractivity contribution in [2.45, 2.75) is 38.2 Å². The molecule has 0 aromatic carbocycles. The highest BCUT2D eigenvalue weighted by Crippen LogP contribution is 2.17. The van der Waals surface area contributed by atoms with Crippen molar-refractivity contribution in [2.24, 2.45) is 0 Å². The fraction of sp³-hybridized carbons (Fsp3) is 0.769. The minimum atomic E-state index is -0.000488. The molecule has 98 valence electrons. The Balaban J connectivity index is 2.27. The highest BCUT2D eigenvalue weighted by Gasteiger charge is 2.17. The van der Waals surface area contributed by atoms with Crippen molar-refractivity contribution in [1.29, 1.82) is 0 Å². The minimum absolute atomic E-state index is 0.000488. The third-order valence-corrected chi connectivity index (χ3v) is 3.03. The first-order chi connectivity index (χ1) is 8.27. The molecule has 0 aliphatic carbocycles. The highest BCUT2D eigenvalue weighted by molar-refractivity contribution is 5.76. The van der Waals surface area contributed by atoms with Gasteiger partial charge in [0.15, 0.2) is 0 Å². The zero-order chi connectivity index (χ0) is 12.5. The molecule has 1 aliphatic rings. The molecule has 17 heavy (non-hydrogen) atoms. The summed E-state index contributed by atoms with van der Waals surface area (Å²) in [4.78, 5) is 13.5. The maximum absolute atomic E-state index is 11.9. The van der Waals surface area contributed by atoms with E-state index in [9.17, 15) is 4.79 Å². The average molecular weight is 241 g/mol. The molecule has 0 spiro atoms. The van der Waals surface area contributed by atoms with Crippen molar-refractivity contribution in [3.63, 3.8) is 0 Å². The SMILES string of the molecule is C=CCN(CCO)C(=O)CCC1CCCCO1. The van der Waals surface area contributed by atoms with Crippen LogP contribution in [0.15, 0.2) is 12.7 Å². The van der Waals surface area contributed by atoms with Gasteiger partial charge in [-0.1, -0.05) is 6.08 Å². The molecule has 1 unspecified atom stereocenters. The van der Waals surface area contributed by atoms with Crippen LogP contribution in [0.3, 0.4) is 0 Å². The Kier molecular flexibility index (Phi) is 6.89. The van der Waals surface area contributed by atoms with E-state index in [1.54, 1.807) is 11.0 Å². The fourth-order valence-electron chi connectivity index (χ4n) is 2.07. The van der Waals surface area contributed by atoms with E-state index in [2.05, 4.69) is 6.58 Å². The van der Waals surface area contributed by atoms with Gasteiger partial charge in [-0.3, -0.25) is 4.79 Å². The number of aliphatic hydroxyl groups is 1. The van der Waals surface area contributed by atoms with Gasteiger partial charge in [-0.25, -0.2) is 0 Å². The van der Waals surface area contributed by atoms with Crippen LogP contribution in [0.5, 0.6) is 0 Å². The topological polar surface area (TPSA) is 49.8 Å². The summed E-state index contributed by atoms with van der Waals surface area (Å²) < 4.78 is 5.59. The zero-order valence-corrected chi connectivity index (χ0v) is 10.4. The first-order valence-electron chi connectivity index (χ1n) is 6.39. The second kappa shape index (κ2) is 8.25. The van der Waals surface area contributed by atoms with Gasteiger partial charge in [0.1, 0.15) is 0 Å². The summed E-state index contributed by atoms with van der Waals surface area (Å²) in [5.41, 5.74) is 0. The third-order valence-electron chi connectivity index (χ3n) is 3.03. The summed E-state index contributed by atoms with van der Waals surface area (Å²) in [6.45, 7) is 5.33. The molecule has 1 aliphatic heterocycles. The van der Waals surface area contributed by atoms with Gasteiger partial charge < -0.3 is 14.7 Å². The van der Waals surface area contributed by atoms with E-state index >= 15 is 0 Å². The maximum Gasteiger partial charge on any atom is 0.223 e. The Bertz CT molecular complexity index is 237. The first-order valence-corrected chi connectivity index (χ1v) is 6.39. The second-order valence-corrected chi connectivity index (χ2v) is 4.38. The van der Waals surface area contributed by atoms with Gasteiger partial charge in [-0.05, 0) is 25.7 Å². The first kappa shape index (κ1) is 14.2. The molecule has 0 radical (unpaired) electrons. The average Bonchev–Trinajstić information content (AvgIpc) is 2.37. The molecule has 0 aromatic rings. The van der Waals surface area contributed by atoms with E-state index in [0.717, 1.165) is 25.9 Å². The van der Waals surface area contributed by atoms with Crippen molar-refractivity contribution in [2.75, 3.05) is 26.3 Å². The summed E-state index contributed by atoms with van der Waals surface area (Å²) in [7, 11) is 0. The summed E-state index contributed by atoms with van der Waals surface area (Å²) in [6, 6.07) is 0. The Morgan fingerprint density at radius 2 is 2.35 bits per heavy atom. The third kappa shape index (κ3) is 5.33. The van der Waals surface area contributed by atoms with Crippen LogP contribution < -0.4 is 0 Å². The fourth-order valence-corrected chi connectivity index (χ4v) is 2.07. The predicted octanol–water partition coefficient (Wildman–Crippen LogP) is 1.34. The van der Waals surface area contributed by atoms with Gasteiger partial charge in [0, 0.05) is 26.1 Å². The lowest BCUT2D eigenvalue weighted by molar-refractivity contribution is -0.132. The molecule has 1 fully saturated rings. The number of ether oxygens (including phenoxy) is 1. The smallest absolute Gasteiger partial charge is 0.223 e. The molecule has 1 rings (SSSR count). The number of carbonyl (C=O) groups excluding carboxylic acids is 1. The minimum Gasteiger partial charge on any atom is -0.395 e. The van der Waals surface area contributed by atoms with Gasteiger partial charge in [-0.15, -0.1) is 6.58 Å². The molecule has 1 N–H and O–H groups in total. The van der Waals surface area contributed by atoms with Crippen LogP contribution >= 0.6 is 0 Å². The van der Waals surface area contributed by atoms with Crippen molar-refractivity contribution in [1.82, 2.24) is 4.90 Å². The Labute approximate surface area is 103 Å². The number of nitrogens with zero attached hydrogens (tertiary/aromatic N) is 1. The van der Waals surface area contributed by atoms with E-state index < -0.39 is 0 Å². The van der Waals surface area contributed by atoms with Gasteiger partial charge in [0.2, 0.25) is 5.91 Å². The lowest BCUT2D eigenvalue weighted by Gasteiger charge is -2.24. The number of amides is 1. The molecule has 0 bridgehead atoms. The largest absolute Gasteiger partial charge is 0.395 e. The Morgan fingerprint density at radius 3 is 2.94 bits per heavy atom. The molecule has 1 atom stereocenters. The molecule has 1 amide bonds. The Morgan fingerprint density at radius 1 is 1.53 bits per heavy atom. The summed E-state index contributed by atoms with van der Waals surface area (Å²) in [5, 5.41) is 8.88. The molecule has 4 nitrogen and oxygen atoms in total. The summed E-state index contributed by atoms with van der Waals surface area (Å²) in [6.07, 6.45) is 6.62. The number of hydrogen-bond acceptors (Lipinski definition) is 3. The van der Waals surface area contributed by atoms with E-state index in [-0.39, 0.29) is 18.6 Å². The molecular formula is C13H23NO3. The quantitative estimate of drug-likeness (QED) is 0.684. The zero-order valence-electron chi connectivity index (χ0n) is 10.4. The highest BCUT2D eigenvalue weighted by atomic mass is 16.5. The van der Waals surface area contributed by atoms with Crippen molar-refractivity contribution >= 4 is 5.91 Å². The van der Waals surface area contributed by atoms with Crippen LogP contribution in [0.4, 0.5) is 0 Å². The van der Waals surface area contributed by atoms with E-state index in [1.165, 1.54) is 6.42 Å². The van der Waals surface area contributed by atoms with Crippen LogP contribution in [-0.4, -0.2) is 48.3 Å². The number of aliphatic hydroxyl groups excluding tert-OH is 1. The van der Waals surface area contributed by atoms with E-state index in [0.29, 0.717) is 19.5 Å². The van der Waals surface area contributed by atoms with Crippen LogP contribution in [-0.2, 0) is 9.53 Å². The normalized spacial score (nSPS) is 19.9. The predicted molar refractivity (Wildman–Crippen MR) is 66.7 cm³/mol. The number of rotatable bonds is 7. The maximum atomic E-state index is 11.9. The van der Waals surface area contributed by atoms with Gasteiger partial charge >= 0.3 is 0 Å². The number of hydrogen-bond donors (Lipinski definition) is 1. The lowest BCUT2D eigenvalue weighted by atomic mass is 10.0. The molecule has 1 heterocycles. The van der Waals surface area contributed by atoms with Crippen molar-refractivity contribution < 1.29 is 14.6 Å². The summed E-state index contributed by atoms with van der Waals surface area (Å²) >= 11 is 0. The van der Waals surface area contributed by atoms with E-state index in [4.69, 9.17) is 9.84 Å². The van der Waals surface area contributed by atoms with E-state index in [1.807, 2.05) is 0 Å². The summed E-state index contributed by atoms with van der Waals surface area (Å²) in [5.74, 6) is 0.0770. The Hall–Kier alpha value is -0.870. The molecule has 4 heteroatoms. The molecule has 1 saturated heterocycles. The van der Waals surface area contributed by atoms with Crippen LogP contribution in [0.2, 0.25) is 0 Å². The van der Waals surface area contributed by atoms with Gasteiger partial charge in [0.05, 0.1) is 12.7 Å². The molecular weight excluding hydrogens is 218 g/mol.